The second-order valence-electron chi connectivity index (χ2n) is 3.35. The summed E-state index contributed by atoms with van der Waals surface area (Å²) in [5, 5.41) is 18.0. The molecule has 0 aromatic heterocycles. The van der Waals surface area contributed by atoms with Gasteiger partial charge in [0.05, 0.1) is 6.10 Å². The lowest BCUT2D eigenvalue weighted by Gasteiger charge is -2.12. The lowest BCUT2D eigenvalue weighted by molar-refractivity contribution is -0.144. The summed E-state index contributed by atoms with van der Waals surface area (Å²) in [7, 11) is 0. The van der Waals surface area contributed by atoms with Crippen molar-refractivity contribution in [3.63, 3.8) is 0 Å². The second-order valence-corrected chi connectivity index (χ2v) is 3.35. The largest absolute Gasteiger partial charge is 0.479 e. The zero-order chi connectivity index (χ0) is 11.4. The predicted octanol–water partition coefficient (Wildman–Crippen LogP) is 1.59. The lowest BCUT2D eigenvalue weighted by Crippen LogP contribution is -2.22. The van der Waals surface area contributed by atoms with Crippen molar-refractivity contribution in [2.24, 2.45) is 0 Å². The summed E-state index contributed by atoms with van der Waals surface area (Å²) < 4.78 is 5.16. The van der Waals surface area contributed by atoms with Gasteiger partial charge in [-0.2, -0.15) is 0 Å². The van der Waals surface area contributed by atoms with Gasteiger partial charge in [0.15, 0.2) is 6.10 Å². The molecule has 0 heterocycles. The molecule has 2 N–H and O–H groups in total. The molecule has 0 amide bonds. The number of ether oxygens (including phenoxy) is 1. The van der Waals surface area contributed by atoms with E-state index in [0.29, 0.717) is 11.3 Å². The van der Waals surface area contributed by atoms with Crippen molar-refractivity contribution in [3.05, 3.63) is 29.8 Å². The molecule has 2 atom stereocenters. The van der Waals surface area contributed by atoms with Crippen molar-refractivity contribution in [2.75, 3.05) is 0 Å². The Hall–Kier alpha value is -1.55. The van der Waals surface area contributed by atoms with Gasteiger partial charge in [0.25, 0.3) is 0 Å². The lowest BCUT2D eigenvalue weighted by atomic mass is 10.1. The summed E-state index contributed by atoms with van der Waals surface area (Å²) in [6, 6.07) is 6.75. The first-order chi connectivity index (χ1) is 7.00. The van der Waals surface area contributed by atoms with Gasteiger partial charge in [0, 0.05) is 0 Å². The number of hydrogen-bond donors (Lipinski definition) is 2. The van der Waals surface area contributed by atoms with Gasteiger partial charge in [-0.3, -0.25) is 0 Å². The predicted molar refractivity (Wildman–Crippen MR) is 54.8 cm³/mol. The van der Waals surface area contributed by atoms with Crippen LogP contribution in [0.3, 0.4) is 0 Å². The normalized spacial score (nSPS) is 14.3. The van der Waals surface area contributed by atoms with Gasteiger partial charge in [-0.05, 0) is 31.5 Å². The molecule has 0 aliphatic rings. The van der Waals surface area contributed by atoms with E-state index in [1.807, 2.05) is 0 Å². The van der Waals surface area contributed by atoms with Gasteiger partial charge in [0.1, 0.15) is 5.75 Å². The number of hydrogen-bond acceptors (Lipinski definition) is 3. The molecular formula is C11H14O4. The maximum Gasteiger partial charge on any atom is 0.344 e. The Kier molecular flexibility index (Phi) is 3.68. The van der Waals surface area contributed by atoms with E-state index in [4.69, 9.17) is 9.84 Å². The smallest absolute Gasteiger partial charge is 0.344 e. The summed E-state index contributed by atoms with van der Waals surface area (Å²) in [4.78, 5) is 10.5. The number of aliphatic hydroxyl groups excluding tert-OH is 1. The van der Waals surface area contributed by atoms with Crippen LogP contribution >= 0.6 is 0 Å². The first-order valence-electron chi connectivity index (χ1n) is 4.68. The highest BCUT2D eigenvalue weighted by Crippen LogP contribution is 2.19. The van der Waals surface area contributed by atoms with Gasteiger partial charge < -0.3 is 14.9 Å². The van der Waals surface area contributed by atoms with Gasteiger partial charge in [-0.1, -0.05) is 12.1 Å². The highest BCUT2D eigenvalue weighted by Gasteiger charge is 2.12. The molecule has 1 rings (SSSR count). The SMILES string of the molecule is CC(Oc1cccc([C@H](C)O)c1)C(=O)O. The van der Waals surface area contributed by atoms with E-state index < -0.39 is 18.2 Å². The summed E-state index contributed by atoms with van der Waals surface area (Å²) in [5.41, 5.74) is 0.699. The van der Waals surface area contributed by atoms with Gasteiger partial charge >= 0.3 is 5.97 Å². The van der Waals surface area contributed by atoms with Crippen molar-refractivity contribution in [1.29, 1.82) is 0 Å². The highest BCUT2D eigenvalue weighted by molar-refractivity contribution is 5.72. The number of carbonyl (C=O) groups is 1. The van der Waals surface area contributed by atoms with Crippen molar-refractivity contribution in [1.82, 2.24) is 0 Å². The molecule has 0 saturated carbocycles. The Bertz CT molecular complexity index is 346. The number of carboxylic acid groups (broad SMARTS) is 1. The van der Waals surface area contributed by atoms with Crippen LogP contribution in [-0.2, 0) is 4.79 Å². The molecule has 0 spiro atoms. The molecule has 1 unspecified atom stereocenters. The maximum atomic E-state index is 10.5. The average Bonchev–Trinajstić information content (AvgIpc) is 2.18. The minimum Gasteiger partial charge on any atom is -0.479 e. The van der Waals surface area contributed by atoms with Crippen molar-refractivity contribution >= 4 is 5.97 Å². The van der Waals surface area contributed by atoms with E-state index in [-0.39, 0.29) is 0 Å². The minimum atomic E-state index is -1.02. The van der Waals surface area contributed by atoms with Crippen LogP contribution in [0, 0.1) is 0 Å². The fraction of sp³-hybridized carbons (Fsp3) is 0.364. The summed E-state index contributed by atoms with van der Waals surface area (Å²) in [5.74, 6) is -0.569. The summed E-state index contributed by atoms with van der Waals surface area (Å²) in [6.45, 7) is 3.09. The first kappa shape index (κ1) is 11.5. The number of aliphatic hydroxyl groups is 1. The Morgan fingerprint density at radius 2 is 2.07 bits per heavy atom. The Morgan fingerprint density at radius 3 is 2.60 bits per heavy atom. The first-order valence-corrected chi connectivity index (χ1v) is 4.68. The maximum absolute atomic E-state index is 10.5. The molecule has 0 aliphatic heterocycles. The fourth-order valence-electron chi connectivity index (χ4n) is 1.10. The van der Waals surface area contributed by atoms with Crippen LogP contribution in [0.1, 0.15) is 25.5 Å². The number of rotatable bonds is 4. The second kappa shape index (κ2) is 4.79. The Balaban J connectivity index is 2.78. The molecule has 0 fully saturated rings. The zero-order valence-corrected chi connectivity index (χ0v) is 8.68. The van der Waals surface area contributed by atoms with E-state index >= 15 is 0 Å². The van der Waals surface area contributed by atoms with Gasteiger partial charge in [-0.25, -0.2) is 4.79 Å². The molecule has 4 nitrogen and oxygen atoms in total. The standard InChI is InChI=1S/C11H14O4/c1-7(12)9-4-3-5-10(6-9)15-8(2)11(13)14/h3-8,12H,1-2H3,(H,13,14)/t7-,8?/m0/s1. The quantitative estimate of drug-likeness (QED) is 0.792. The zero-order valence-electron chi connectivity index (χ0n) is 8.68. The van der Waals surface area contributed by atoms with Crippen LogP contribution in [0.2, 0.25) is 0 Å². The van der Waals surface area contributed by atoms with E-state index in [1.54, 1.807) is 31.2 Å². The Morgan fingerprint density at radius 1 is 1.40 bits per heavy atom. The molecule has 1 aromatic rings. The van der Waals surface area contributed by atoms with E-state index in [1.165, 1.54) is 6.92 Å². The van der Waals surface area contributed by atoms with Crippen molar-refractivity contribution < 1.29 is 19.7 Å². The van der Waals surface area contributed by atoms with E-state index in [9.17, 15) is 9.90 Å². The average molecular weight is 210 g/mol. The Labute approximate surface area is 88.1 Å². The molecule has 0 aliphatic carbocycles. The van der Waals surface area contributed by atoms with Crippen LogP contribution in [0.5, 0.6) is 5.75 Å². The van der Waals surface area contributed by atoms with Gasteiger partial charge in [-0.15, -0.1) is 0 Å². The monoisotopic (exact) mass is 210 g/mol. The molecule has 0 saturated heterocycles. The molecule has 0 radical (unpaired) electrons. The van der Waals surface area contributed by atoms with Crippen LogP contribution in [-0.4, -0.2) is 22.3 Å². The molecule has 0 bridgehead atoms. The molecule has 1 aromatic carbocycles. The third-order valence-corrected chi connectivity index (χ3v) is 2.00. The number of benzene rings is 1. The molecular weight excluding hydrogens is 196 g/mol. The third kappa shape index (κ3) is 3.25. The van der Waals surface area contributed by atoms with E-state index in [2.05, 4.69) is 0 Å². The van der Waals surface area contributed by atoms with Crippen LogP contribution in [0.15, 0.2) is 24.3 Å². The fourth-order valence-corrected chi connectivity index (χ4v) is 1.10. The molecule has 4 heteroatoms. The van der Waals surface area contributed by atoms with Crippen molar-refractivity contribution in [2.45, 2.75) is 26.1 Å². The summed E-state index contributed by atoms with van der Waals surface area (Å²) in [6.07, 6.45) is -1.48. The summed E-state index contributed by atoms with van der Waals surface area (Å²) >= 11 is 0. The number of aliphatic carboxylic acids is 1. The molecule has 82 valence electrons. The van der Waals surface area contributed by atoms with Gasteiger partial charge in [0.2, 0.25) is 0 Å². The van der Waals surface area contributed by atoms with Crippen molar-refractivity contribution in [3.8, 4) is 5.75 Å². The van der Waals surface area contributed by atoms with Crippen LogP contribution in [0.25, 0.3) is 0 Å². The third-order valence-electron chi connectivity index (χ3n) is 2.00. The van der Waals surface area contributed by atoms with E-state index in [0.717, 1.165) is 0 Å². The minimum absolute atomic E-state index is 0.448. The topological polar surface area (TPSA) is 66.8 Å². The highest BCUT2D eigenvalue weighted by atomic mass is 16.5. The van der Waals surface area contributed by atoms with Crippen LogP contribution in [0.4, 0.5) is 0 Å². The molecule has 15 heavy (non-hydrogen) atoms. The van der Waals surface area contributed by atoms with Crippen LogP contribution < -0.4 is 4.74 Å². The number of carboxylic acids is 1.